The second-order valence-electron chi connectivity index (χ2n) is 7.01. The van der Waals surface area contributed by atoms with Crippen molar-refractivity contribution in [3.8, 4) is 5.75 Å². The monoisotopic (exact) mass is 403 g/mol. The van der Waals surface area contributed by atoms with Gasteiger partial charge in [0.2, 0.25) is 0 Å². The number of hydrogen-bond acceptors (Lipinski definition) is 5. The number of nitrogens with one attached hydrogen (secondary N) is 1. The Labute approximate surface area is 168 Å². The summed E-state index contributed by atoms with van der Waals surface area (Å²) in [6.07, 6.45) is 0.853. The van der Waals surface area contributed by atoms with Gasteiger partial charge in [0, 0.05) is 31.9 Å². The van der Waals surface area contributed by atoms with Gasteiger partial charge in [-0.1, -0.05) is 19.1 Å². The molecule has 1 fully saturated rings. The maximum absolute atomic E-state index is 13.0. The fraction of sp³-hybridized carbons (Fsp3) is 0.429. The average molecular weight is 404 g/mol. The zero-order valence-corrected chi connectivity index (χ0v) is 17.6. The Morgan fingerprint density at radius 2 is 1.79 bits per heavy atom. The molecule has 28 heavy (non-hydrogen) atoms. The summed E-state index contributed by atoms with van der Waals surface area (Å²) in [5.41, 5.74) is 2.50. The SMILES string of the molecule is CCOc1ccc(S(=O)(=O)Nc2cccc(CC)c2)cc1N1CCN(C)CC1. The largest absolute Gasteiger partial charge is 0.492 e. The molecule has 0 amide bonds. The highest BCUT2D eigenvalue weighted by Crippen LogP contribution is 2.32. The summed E-state index contributed by atoms with van der Waals surface area (Å²) in [6, 6.07) is 12.6. The van der Waals surface area contributed by atoms with Crippen molar-refractivity contribution in [3.05, 3.63) is 48.0 Å². The highest BCUT2D eigenvalue weighted by molar-refractivity contribution is 7.92. The first-order valence-electron chi connectivity index (χ1n) is 9.75. The molecule has 0 atom stereocenters. The van der Waals surface area contributed by atoms with E-state index in [9.17, 15) is 8.42 Å². The zero-order chi connectivity index (χ0) is 20.1. The summed E-state index contributed by atoms with van der Waals surface area (Å²) >= 11 is 0. The third kappa shape index (κ3) is 4.77. The van der Waals surface area contributed by atoms with Crippen molar-refractivity contribution < 1.29 is 13.2 Å². The molecule has 0 radical (unpaired) electrons. The number of rotatable bonds is 7. The molecule has 0 spiro atoms. The molecule has 1 aliphatic heterocycles. The number of anilines is 2. The quantitative estimate of drug-likeness (QED) is 0.769. The van der Waals surface area contributed by atoms with E-state index in [0.29, 0.717) is 12.3 Å². The molecule has 2 aromatic rings. The lowest BCUT2D eigenvalue weighted by atomic mass is 10.1. The van der Waals surface area contributed by atoms with Gasteiger partial charge in [0.1, 0.15) is 5.75 Å². The molecular formula is C21H29N3O3S. The first-order chi connectivity index (χ1) is 13.4. The molecule has 1 aliphatic rings. The zero-order valence-electron chi connectivity index (χ0n) is 16.8. The Hall–Kier alpha value is -2.25. The van der Waals surface area contributed by atoms with Crippen LogP contribution in [0.25, 0.3) is 0 Å². The number of ether oxygens (including phenoxy) is 1. The molecule has 1 N–H and O–H groups in total. The Morgan fingerprint density at radius 1 is 1.04 bits per heavy atom. The Bertz CT molecular complexity index is 907. The molecule has 0 bridgehead atoms. The van der Waals surface area contributed by atoms with Crippen LogP contribution in [0.15, 0.2) is 47.4 Å². The van der Waals surface area contributed by atoms with Gasteiger partial charge in [0.15, 0.2) is 0 Å². The lowest BCUT2D eigenvalue weighted by Gasteiger charge is -2.35. The summed E-state index contributed by atoms with van der Waals surface area (Å²) in [6.45, 7) is 8.06. The van der Waals surface area contributed by atoms with Crippen LogP contribution in [0.3, 0.4) is 0 Å². The van der Waals surface area contributed by atoms with Crippen molar-refractivity contribution in [2.75, 3.05) is 49.5 Å². The predicted molar refractivity (Wildman–Crippen MR) is 114 cm³/mol. The number of piperazine rings is 1. The molecule has 6 nitrogen and oxygen atoms in total. The van der Waals surface area contributed by atoms with E-state index < -0.39 is 10.0 Å². The molecule has 1 saturated heterocycles. The van der Waals surface area contributed by atoms with Crippen molar-refractivity contribution >= 4 is 21.4 Å². The Kier molecular flexibility index (Phi) is 6.46. The van der Waals surface area contributed by atoms with Crippen LogP contribution in [0, 0.1) is 0 Å². The lowest BCUT2D eigenvalue weighted by molar-refractivity contribution is 0.307. The third-order valence-corrected chi connectivity index (χ3v) is 6.35. The minimum Gasteiger partial charge on any atom is -0.492 e. The maximum atomic E-state index is 13.0. The molecule has 0 saturated carbocycles. The normalized spacial score (nSPS) is 15.5. The molecule has 0 unspecified atom stereocenters. The third-order valence-electron chi connectivity index (χ3n) is 4.97. The van der Waals surface area contributed by atoms with Gasteiger partial charge in [0.05, 0.1) is 17.2 Å². The second kappa shape index (κ2) is 8.84. The molecule has 0 aromatic heterocycles. The van der Waals surface area contributed by atoms with Gasteiger partial charge in [0.25, 0.3) is 10.0 Å². The Morgan fingerprint density at radius 3 is 2.46 bits per heavy atom. The van der Waals surface area contributed by atoms with E-state index >= 15 is 0 Å². The van der Waals surface area contributed by atoms with Crippen molar-refractivity contribution in [1.29, 1.82) is 0 Å². The standard InChI is InChI=1S/C21H29N3O3S/c1-4-17-7-6-8-18(15-17)22-28(25,26)19-9-10-21(27-5-2)20(16-19)24-13-11-23(3)12-14-24/h6-10,15-16,22H,4-5,11-14H2,1-3H3. The van der Waals surface area contributed by atoms with Crippen molar-refractivity contribution in [2.24, 2.45) is 0 Å². The Balaban J connectivity index is 1.90. The van der Waals surface area contributed by atoms with E-state index in [1.165, 1.54) is 0 Å². The van der Waals surface area contributed by atoms with E-state index in [0.717, 1.165) is 49.6 Å². The van der Waals surface area contributed by atoms with Crippen molar-refractivity contribution in [2.45, 2.75) is 25.2 Å². The van der Waals surface area contributed by atoms with E-state index in [1.807, 2.05) is 32.0 Å². The molecule has 0 aliphatic carbocycles. The summed E-state index contributed by atoms with van der Waals surface area (Å²) in [4.78, 5) is 4.70. The molecule has 3 rings (SSSR count). The molecule has 1 heterocycles. The van der Waals surface area contributed by atoms with Crippen LogP contribution in [0.5, 0.6) is 5.75 Å². The second-order valence-corrected chi connectivity index (χ2v) is 8.69. The van der Waals surface area contributed by atoms with Crippen LogP contribution < -0.4 is 14.4 Å². The summed E-state index contributed by atoms with van der Waals surface area (Å²) < 4.78 is 34.4. The first kappa shape index (κ1) is 20.5. The van der Waals surface area contributed by atoms with Crippen LogP contribution in [0.1, 0.15) is 19.4 Å². The smallest absolute Gasteiger partial charge is 0.261 e. The minimum atomic E-state index is -3.68. The number of hydrogen-bond donors (Lipinski definition) is 1. The van der Waals surface area contributed by atoms with Gasteiger partial charge in [-0.3, -0.25) is 4.72 Å². The number of nitrogens with zero attached hydrogens (tertiary/aromatic N) is 2. The van der Waals surface area contributed by atoms with Gasteiger partial charge in [-0.25, -0.2) is 8.42 Å². The molecule has 152 valence electrons. The summed E-state index contributed by atoms with van der Waals surface area (Å²) in [7, 11) is -1.59. The van der Waals surface area contributed by atoms with E-state index in [1.54, 1.807) is 24.3 Å². The average Bonchev–Trinajstić information content (AvgIpc) is 2.69. The maximum Gasteiger partial charge on any atom is 0.261 e. The summed E-state index contributed by atoms with van der Waals surface area (Å²) in [5, 5.41) is 0. The number of likely N-dealkylation sites (N-methyl/N-ethyl adjacent to an activating group) is 1. The lowest BCUT2D eigenvalue weighted by Crippen LogP contribution is -2.44. The van der Waals surface area contributed by atoms with Gasteiger partial charge in [-0.15, -0.1) is 0 Å². The van der Waals surface area contributed by atoms with Crippen LogP contribution >= 0.6 is 0 Å². The number of aryl methyl sites for hydroxylation is 1. The molecule has 2 aromatic carbocycles. The van der Waals surface area contributed by atoms with Crippen LogP contribution in [0.2, 0.25) is 0 Å². The van der Waals surface area contributed by atoms with Gasteiger partial charge in [-0.05, 0) is 56.3 Å². The predicted octanol–water partition coefficient (Wildman–Crippen LogP) is 3.20. The van der Waals surface area contributed by atoms with Gasteiger partial charge >= 0.3 is 0 Å². The van der Waals surface area contributed by atoms with Gasteiger partial charge in [-0.2, -0.15) is 0 Å². The molecule has 7 heteroatoms. The fourth-order valence-corrected chi connectivity index (χ4v) is 4.37. The highest BCUT2D eigenvalue weighted by Gasteiger charge is 2.22. The van der Waals surface area contributed by atoms with E-state index in [2.05, 4.69) is 21.6 Å². The number of sulfonamides is 1. The van der Waals surface area contributed by atoms with Crippen LogP contribution in [0.4, 0.5) is 11.4 Å². The van der Waals surface area contributed by atoms with E-state index in [4.69, 9.17) is 4.74 Å². The topological polar surface area (TPSA) is 61.9 Å². The minimum absolute atomic E-state index is 0.242. The van der Waals surface area contributed by atoms with Gasteiger partial charge < -0.3 is 14.5 Å². The van der Waals surface area contributed by atoms with Crippen LogP contribution in [-0.2, 0) is 16.4 Å². The fourth-order valence-electron chi connectivity index (χ4n) is 3.31. The summed E-state index contributed by atoms with van der Waals surface area (Å²) in [5.74, 6) is 0.721. The highest BCUT2D eigenvalue weighted by atomic mass is 32.2. The first-order valence-corrected chi connectivity index (χ1v) is 11.2. The van der Waals surface area contributed by atoms with Crippen LogP contribution in [-0.4, -0.2) is 53.2 Å². The van der Waals surface area contributed by atoms with E-state index in [-0.39, 0.29) is 4.90 Å². The van der Waals surface area contributed by atoms with Crippen molar-refractivity contribution in [3.63, 3.8) is 0 Å². The molecular weight excluding hydrogens is 374 g/mol. The van der Waals surface area contributed by atoms with Crippen molar-refractivity contribution in [1.82, 2.24) is 4.90 Å². The number of benzene rings is 2.